The minimum Gasteiger partial charge on any atom is -0.457 e. The first-order chi connectivity index (χ1) is 33.0. The molecular weight excluding hydrogens is 851 g/mol. The van der Waals surface area contributed by atoms with Gasteiger partial charge in [0, 0.05) is 5.56 Å². The van der Waals surface area contributed by atoms with Gasteiger partial charge in [0.05, 0.1) is 11.1 Å². The fourth-order valence-corrected chi connectivity index (χ4v) is 22.0. The quantitative estimate of drug-likeness (QED) is 0.149. The van der Waals surface area contributed by atoms with Gasteiger partial charge in [-0.25, -0.2) is 15.0 Å². The van der Waals surface area contributed by atoms with Gasteiger partial charge < -0.3 is 9.47 Å². The number of ether oxygens (including phenoxy) is 2. The fourth-order valence-electron chi connectivity index (χ4n) is 11.5. The van der Waals surface area contributed by atoms with Crippen molar-refractivity contribution in [1.82, 2.24) is 15.0 Å². The highest BCUT2D eigenvalue weighted by atomic mass is 28.3. The number of para-hydroxylation sites is 4. The van der Waals surface area contributed by atoms with Crippen molar-refractivity contribution in [2.24, 2.45) is 0 Å². The summed E-state index contributed by atoms with van der Waals surface area (Å²) < 4.78 is 14.4. The van der Waals surface area contributed by atoms with E-state index in [0.717, 1.165) is 62.4 Å². The van der Waals surface area contributed by atoms with Gasteiger partial charge in [-0.05, 0) is 104 Å². The molecule has 5 nitrogen and oxygen atoms in total. The van der Waals surface area contributed by atoms with Crippen molar-refractivity contribution in [3.8, 4) is 57.2 Å². The van der Waals surface area contributed by atoms with Gasteiger partial charge in [-0.3, -0.25) is 0 Å². The minimum atomic E-state index is -2.96. The third kappa shape index (κ3) is 6.37. The molecule has 2 atom stereocenters. The Morgan fingerprint density at radius 1 is 0.448 bits per heavy atom. The van der Waals surface area contributed by atoms with E-state index in [0.29, 0.717) is 17.5 Å². The second-order valence-corrected chi connectivity index (χ2v) is 25.7. The minimum absolute atomic E-state index is 0.246. The van der Waals surface area contributed by atoms with Crippen LogP contribution in [0.25, 0.3) is 34.2 Å². The molecular formula is C60H47N3O2Si2. The van der Waals surface area contributed by atoms with E-state index in [2.05, 4.69) is 233 Å². The summed E-state index contributed by atoms with van der Waals surface area (Å²) in [6, 6.07) is 67.9. The number of hydrogen-bond acceptors (Lipinski definition) is 5. The zero-order chi connectivity index (χ0) is 45.1. The van der Waals surface area contributed by atoms with E-state index in [4.69, 9.17) is 24.4 Å². The summed E-state index contributed by atoms with van der Waals surface area (Å²) in [7, 11) is -5.79. The van der Waals surface area contributed by atoms with Crippen LogP contribution in [0, 0.1) is 20.8 Å². The van der Waals surface area contributed by atoms with E-state index in [9.17, 15) is 0 Å². The molecule has 0 saturated heterocycles. The third-order valence-corrected chi connectivity index (χ3v) is 24.2. The van der Waals surface area contributed by atoms with Gasteiger partial charge in [0.25, 0.3) is 0 Å². The van der Waals surface area contributed by atoms with Crippen LogP contribution in [0.5, 0.6) is 23.0 Å². The van der Waals surface area contributed by atoms with E-state index in [1.807, 2.05) is 0 Å². The molecule has 7 heteroatoms. The Balaban J connectivity index is 1.15. The second-order valence-electron chi connectivity index (χ2n) is 18.0. The van der Waals surface area contributed by atoms with Gasteiger partial charge in [0.1, 0.15) is 23.0 Å². The monoisotopic (exact) mass is 897 g/mol. The Labute approximate surface area is 393 Å². The summed E-state index contributed by atoms with van der Waals surface area (Å²) in [6.45, 7) is 6.44. The number of rotatable bonds is 7. The molecule has 67 heavy (non-hydrogen) atoms. The van der Waals surface area contributed by atoms with Crippen LogP contribution in [-0.4, -0.2) is 31.1 Å². The molecule has 2 unspecified atom stereocenters. The normalized spacial score (nSPS) is 17.3. The van der Waals surface area contributed by atoms with Gasteiger partial charge in [-0.15, -0.1) is 0 Å². The predicted molar refractivity (Wildman–Crippen MR) is 278 cm³/mol. The maximum atomic E-state index is 7.21. The van der Waals surface area contributed by atoms with Crippen LogP contribution in [-0.2, 0) is 0 Å². The van der Waals surface area contributed by atoms with Crippen LogP contribution in [0.2, 0.25) is 5.54 Å². The summed E-state index contributed by atoms with van der Waals surface area (Å²) in [5.41, 5.74) is 6.28. The highest BCUT2D eigenvalue weighted by Crippen LogP contribution is 2.43. The maximum Gasteiger partial charge on any atom is 0.188 e. The first-order valence-corrected chi connectivity index (χ1v) is 27.2. The standard InChI is InChI=1S/C60H47N3O2Si2/c1-40-38-41(2)55(42(3)39-40)60-62-58(47-30-20-36-53-56(47)64-49-32-16-18-34-51(49)66(53,43-22-8-4-9-23-43)44-24-10-5-11-25-44)61-59(63-60)48-31-21-37-54-57(48)65-50-33-17-19-35-52(50)67(54,45-26-12-6-13-27-45)46-28-14-7-15-29-46/h4-28,30-39,46H,29H2,1-3H3. The number of nitrogens with zero attached hydrogens (tertiary/aromatic N) is 3. The Kier molecular flexibility index (Phi) is 9.92. The lowest BCUT2D eigenvalue weighted by Crippen LogP contribution is -2.76. The maximum absolute atomic E-state index is 7.21. The summed E-state index contributed by atoms with van der Waals surface area (Å²) in [5.74, 6) is 5.01. The molecule has 1 aliphatic carbocycles. The van der Waals surface area contributed by atoms with E-state index < -0.39 is 16.1 Å². The smallest absolute Gasteiger partial charge is 0.188 e. The zero-order valence-electron chi connectivity index (χ0n) is 37.6. The molecule has 12 rings (SSSR count). The highest BCUT2D eigenvalue weighted by Gasteiger charge is 2.52. The zero-order valence-corrected chi connectivity index (χ0v) is 39.6. The van der Waals surface area contributed by atoms with E-state index in [1.165, 1.54) is 36.7 Å². The van der Waals surface area contributed by atoms with Gasteiger partial charge in [0.2, 0.25) is 0 Å². The fraction of sp³-hybridized carbons (Fsp3) is 0.0833. The average Bonchev–Trinajstić information content (AvgIpc) is 3.37. The number of fused-ring (bicyclic) bond motifs is 4. The third-order valence-electron chi connectivity index (χ3n) is 14.1. The van der Waals surface area contributed by atoms with Crippen molar-refractivity contribution >= 4 is 52.5 Å². The van der Waals surface area contributed by atoms with Crippen LogP contribution in [0.3, 0.4) is 0 Å². The average molecular weight is 898 g/mol. The molecule has 2 aliphatic heterocycles. The number of allylic oxidation sites excluding steroid dienone is 4. The molecule has 3 aliphatic rings. The molecule has 0 spiro atoms. The molecule has 0 fully saturated rings. The van der Waals surface area contributed by atoms with Gasteiger partial charge in [0.15, 0.2) is 33.6 Å². The second kappa shape index (κ2) is 16.3. The number of aryl methyl sites for hydroxylation is 3. The molecule has 8 aromatic carbocycles. The topological polar surface area (TPSA) is 57.1 Å². The van der Waals surface area contributed by atoms with Crippen molar-refractivity contribution < 1.29 is 9.47 Å². The molecule has 0 radical (unpaired) electrons. The molecule has 0 N–H and O–H groups in total. The van der Waals surface area contributed by atoms with Crippen molar-refractivity contribution in [2.75, 3.05) is 0 Å². The molecule has 0 saturated carbocycles. The van der Waals surface area contributed by atoms with Crippen molar-refractivity contribution in [1.29, 1.82) is 0 Å². The van der Waals surface area contributed by atoms with Crippen molar-refractivity contribution in [3.63, 3.8) is 0 Å². The van der Waals surface area contributed by atoms with Crippen molar-refractivity contribution in [3.05, 3.63) is 229 Å². The van der Waals surface area contributed by atoms with E-state index >= 15 is 0 Å². The number of benzene rings is 8. The van der Waals surface area contributed by atoms with Crippen LogP contribution < -0.4 is 45.8 Å². The Hall–Kier alpha value is -7.72. The van der Waals surface area contributed by atoms with Gasteiger partial charge >= 0.3 is 0 Å². The van der Waals surface area contributed by atoms with Gasteiger partial charge in [-0.1, -0.05) is 194 Å². The Morgan fingerprint density at radius 3 is 1.51 bits per heavy atom. The van der Waals surface area contributed by atoms with Crippen LogP contribution in [0.4, 0.5) is 0 Å². The first-order valence-electron chi connectivity index (χ1n) is 23.1. The predicted octanol–water partition coefficient (Wildman–Crippen LogP) is 9.74. The van der Waals surface area contributed by atoms with Crippen LogP contribution in [0.1, 0.15) is 23.1 Å². The van der Waals surface area contributed by atoms with E-state index in [1.54, 1.807) is 0 Å². The largest absolute Gasteiger partial charge is 0.457 e. The lowest BCUT2D eigenvalue weighted by molar-refractivity contribution is 0.487. The number of aromatic nitrogens is 3. The molecule has 1 aromatic heterocycles. The molecule has 3 heterocycles. The Bertz CT molecular complexity index is 3380. The molecule has 0 bridgehead atoms. The van der Waals surface area contributed by atoms with Crippen molar-refractivity contribution in [2.45, 2.75) is 32.7 Å². The molecule has 9 aromatic rings. The summed E-state index contributed by atoms with van der Waals surface area (Å²) in [6.07, 6.45) is 10.1. The van der Waals surface area contributed by atoms with Gasteiger partial charge in [-0.2, -0.15) is 0 Å². The van der Waals surface area contributed by atoms with E-state index in [-0.39, 0.29) is 5.54 Å². The first kappa shape index (κ1) is 40.8. The van der Waals surface area contributed by atoms with Crippen LogP contribution >= 0.6 is 0 Å². The molecule has 322 valence electrons. The summed E-state index contributed by atoms with van der Waals surface area (Å²) >= 11 is 0. The Morgan fingerprint density at radius 2 is 0.925 bits per heavy atom. The summed E-state index contributed by atoms with van der Waals surface area (Å²) in [5, 5.41) is 8.75. The number of hydrogen-bond donors (Lipinski definition) is 0. The highest BCUT2D eigenvalue weighted by molar-refractivity contribution is 7.21. The SMILES string of the molecule is Cc1cc(C)c(-c2nc(-c3cccc4c3Oc3ccccc3[Si]4(c3ccccc3)c3ccccc3)nc(-c3cccc4c3Oc3ccccc3[Si]4(c3ccccc3)C3C=CC=CC3)n2)c(C)c1. The lowest BCUT2D eigenvalue weighted by Gasteiger charge is -2.44. The molecule has 0 amide bonds. The lowest BCUT2D eigenvalue weighted by atomic mass is 9.99. The summed E-state index contributed by atoms with van der Waals surface area (Å²) in [4.78, 5) is 16.5. The van der Waals surface area contributed by atoms with Crippen LogP contribution in [0.15, 0.2) is 212 Å².